The Hall–Kier alpha value is -1.63. The molecule has 0 aromatic heterocycles. The molecule has 134 valence electrons. The molecule has 0 saturated carbocycles. The SMILES string of the molecule is C[C@@H](CNC(=O)NCC(C)(CO)CO)N1CCc2ccccc2C1. The Morgan fingerprint density at radius 2 is 1.92 bits per heavy atom. The van der Waals surface area contributed by atoms with Crippen molar-refractivity contribution in [2.24, 2.45) is 5.41 Å². The van der Waals surface area contributed by atoms with Crippen molar-refractivity contribution in [2.75, 3.05) is 32.8 Å². The van der Waals surface area contributed by atoms with Crippen molar-refractivity contribution in [1.29, 1.82) is 0 Å². The first-order valence-corrected chi connectivity index (χ1v) is 8.52. The van der Waals surface area contributed by atoms with Crippen LogP contribution in [0.25, 0.3) is 0 Å². The summed E-state index contributed by atoms with van der Waals surface area (Å²) in [5.74, 6) is 0. The van der Waals surface area contributed by atoms with Gasteiger partial charge in [0.1, 0.15) is 0 Å². The summed E-state index contributed by atoms with van der Waals surface area (Å²) < 4.78 is 0. The third-order valence-electron chi connectivity index (χ3n) is 4.78. The number of fused-ring (bicyclic) bond motifs is 1. The quantitative estimate of drug-likeness (QED) is 0.592. The molecule has 2 rings (SSSR count). The van der Waals surface area contributed by atoms with E-state index >= 15 is 0 Å². The lowest BCUT2D eigenvalue weighted by molar-refractivity contribution is 0.0716. The summed E-state index contributed by atoms with van der Waals surface area (Å²) >= 11 is 0. The molecule has 1 aromatic rings. The average Bonchev–Trinajstić information content (AvgIpc) is 2.63. The van der Waals surface area contributed by atoms with Gasteiger partial charge in [0.15, 0.2) is 0 Å². The van der Waals surface area contributed by atoms with Gasteiger partial charge in [-0.25, -0.2) is 4.79 Å². The summed E-state index contributed by atoms with van der Waals surface area (Å²) in [5, 5.41) is 24.0. The van der Waals surface area contributed by atoms with E-state index in [1.54, 1.807) is 6.92 Å². The number of nitrogens with one attached hydrogen (secondary N) is 2. The molecule has 0 radical (unpaired) electrons. The minimum Gasteiger partial charge on any atom is -0.396 e. The number of aliphatic hydroxyl groups is 2. The fourth-order valence-corrected chi connectivity index (χ4v) is 2.78. The van der Waals surface area contributed by atoms with Crippen molar-refractivity contribution in [2.45, 2.75) is 32.9 Å². The molecule has 0 fully saturated rings. The minimum atomic E-state index is -0.695. The van der Waals surface area contributed by atoms with E-state index in [4.69, 9.17) is 0 Å². The van der Waals surface area contributed by atoms with E-state index in [-0.39, 0.29) is 31.8 Å². The van der Waals surface area contributed by atoms with Crippen LogP contribution in [0, 0.1) is 5.41 Å². The number of hydrogen-bond acceptors (Lipinski definition) is 4. The number of nitrogens with zero attached hydrogens (tertiary/aromatic N) is 1. The second-order valence-corrected chi connectivity index (χ2v) is 7.03. The third kappa shape index (κ3) is 4.93. The number of urea groups is 1. The van der Waals surface area contributed by atoms with E-state index in [2.05, 4.69) is 46.7 Å². The fraction of sp³-hybridized carbons (Fsp3) is 0.611. The van der Waals surface area contributed by atoms with E-state index in [0.29, 0.717) is 6.54 Å². The van der Waals surface area contributed by atoms with Gasteiger partial charge in [0, 0.05) is 37.6 Å². The highest BCUT2D eigenvalue weighted by atomic mass is 16.3. The second kappa shape index (κ2) is 8.46. The van der Waals surface area contributed by atoms with Crippen LogP contribution in [0.1, 0.15) is 25.0 Å². The summed E-state index contributed by atoms with van der Waals surface area (Å²) in [6.45, 7) is 6.18. The molecule has 1 aliphatic rings. The van der Waals surface area contributed by atoms with Gasteiger partial charge in [-0.15, -0.1) is 0 Å². The molecule has 0 saturated heterocycles. The van der Waals surface area contributed by atoms with Gasteiger partial charge in [0.05, 0.1) is 13.2 Å². The molecule has 6 nitrogen and oxygen atoms in total. The number of carbonyl (C=O) groups is 1. The van der Waals surface area contributed by atoms with E-state index < -0.39 is 5.41 Å². The molecule has 1 aromatic carbocycles. The van der Waals surface area contributed by atoms with Crippen LogP contribution in [-0.4, -0.2) is 60.0 Å². The monoisotopic (exact) mass is 335 g/mol. The molecular weight excluding hydrogens is 306 g/mol. The lowest BCUT2D eigenvalue weighted by atomic mass is 9.93. The van der Waals surface area contributed by atoms with Crippen LogP contribution in [0.15, 0.2) is 24.3 Å². The van der Waals surface area contributed by atoms with Gasteiger partial charge in [-0.2, -0.15) is 0 Å². The first-order chi connectivity index (χ1) is 11.5. The molecule has 1 aliphatic heterocycles. The summed E-state index contributed by atoms with van der Waals surface area (Å²) in [4.78, 5) is 14.3. The summed E-state index contributed by atoms with van der Waals surface area (Å²) in [6.07, 6.45) is 1.04. The molecule has 0 unspecified atom stereocenters. The molecule has 6 heteroatoms. The van der Waals surface area contributed by atoms with Crippen LogP contribution in [0.5, 0.6) is 0 Å². The van der Waals surface area contributed by atoms with Crippen molar-refractivity contribution in [3.8, 4) is 0 Å². The highest BCUT2D eigenvalue weighted by molar-refractivity contribution is 5.73. The first-order valence-electron chi connectivity index (χ1n) is 8.52. The Kier molecular flexibility index (Phi) is 6.60. The number of benzene rings is 1. The maximum atomic E-state index is 11.9. The Morgan fingerprint density at radius 1 is 1.25 bits per heavy atom. The van der Waals surface area contributed by atoms with Crippen LogP contribution in [-0.2, 0) is 13.0 Å². The normalized spacial score (nSPS) is 16.3. The highest BCUT2D eigenvalue weighted by Gasteiger charge is 2.24. The van der Waals surface area contributed by atoms with Gasteiger partial charge in [-0.1, -0.05) is 31.2 Å². The number of carbonyl (C=O) groups excluding carboxylic acids is 1. The largest absolute Gasteiger partial charge is 0.396 e. The molecule has 0 spiro atoms. The topological polar surface area (TPSA) is 84.8 Å². The van der Waals surface area contributed by atoms with Crippen molar-refractivity contribution >= 4 is 6.03 Å². The molecular formula is C18H29N3O3. The van der Waals surface area contributed by atoms with E-state index in [9.17, 15) is 15.0 Å². The molecule has 24 heavy (non-hydrogen) atoms. The summed E-state index contributed by atoms with van der Waals surface area (Å²) in [6, 6.07) is 8.47. The van der Waals surface area contributed by atoms with Crippen molar-refractivity contribution in [3.05, 3.63) is 35.4 Å². The van der Waals surface area contributed by atoms with Crippen molar-refractivity contribution in [3.63, 3.8) is 0 Å². The maximum Gasteiger partial charge on any atom is 0.314 e. The molecule has 4 N–H and O–H groups in total. The van der Waals surface area contributed by atoms with Crippen LogP contribution < -0.4 is 10.6 Å². The van der Waals surface area contributed by atoms with Gasteiger partial charge >= 0.3 is 6.03 Å². The number of aliphatic hydroxyl groups excluding tert-OH is 2. The lowest BCUT2D eigenvalue weighted by Gasteiger charge is -2.34. The summed E-state index contributed by atoms with van der Waals surface area (Å²) in [5.41, 5.74) is 2.08. The zero-order valence-corrected chi connectivity index (χ0v) is 14.6. The van der Waals surface area contributed by atoms with E-state index in [1.165, 1.54) is 11.1 Å². The lowest BCUT2D eigenvalue weighted by Crippen LogP contribution is -2.49. The number of hydrogen-bond donors (Lipinski definition) is 4. The van der Waals surface area contributed by atoms with Gasteiger partial charge in [-0.05, 0) is 24.5 Å². The van der Waals surface area contributed by atoms with E-state index in [1.807, 2.05) is 0 Å². The average molecular weight is 335 g/mol. The van der Waals surface area contributed by atoms with Gasteiger partial charge < -0.3 is 20.8 Å². The number of rotatable bonds is 7. The Morgan fingerprint density at radius 3 is 2.58 bits per heavy atom. The fourth-order valence-electron chi connectivity index (χ4n) is 2.78. The zero-order chi connectivity index (χ0) is 17.6. The first kappa shape index (κ1) is 18.7. The molecule has 0 aliphatic carbocycles. The predicted molar refractivity (Wildman–Crippen MR) is 93.7 cm³/mol. The van der Waals surface area contributed by atoms with Gasteiger partial charge in [0.25, 0.3) is 0 Å². The van der Waals surface area contributed by atoms with Crippen LogP contribution in [0.4, 0.5) is 4.79 Å². The smallest absolute Gasteiger partial charge is 0.314 e. The number of amides is 2. The van der Waals surface area contributed by atoms with Crippen molar-refractivity contribution in [1.82, 2.24) is 15.5 Å². The Balaban J connectivity index is 1.75. The Bertz CT molecular complexity index is 546. The van der Waals surface area contributed by atoms with E-state index in [0.717, 1.165) is 19.5 Å². The minimum absolute atomic E-state index is 0.173. The molecule has 1 atom stereocenters. The van der Waals surface area contributed by atoms with Gasteiger partial charge in [-0.3, -0.25) is 4.90 Å². The standard InChI is InChI=1S/C18H29N3O3/c1-14(9-19-17(24)20-11-18(2,12-22)13-23)21-8-7-15-5-3-4-6-16(15)10-21/h3-6,14,22-23H,7-13H2,1-2H3,(H2,19,20,24)/t14-/m0/s1. The third-order valence-corrected chi connectivity index (χ3v) is 4.78. The molecule has 1 heterocycles. The zero-order valence-electron chi connectivity index (χ0n) is 14.6. The van der Waals surface area contributed by atoms with Crippen LogP contribution in [0.2, 0.25) is 0 Å². The van der Waals surface area contributed by atoms with Gasteiger partial charge in [0.2, 0.25) is 0 Å². The molecule has 2 amide bonds. The second-order valence-electron chi connectivity index (χ2n) is 7.03. The van der Waals surface area contributed by atoms with Crippen molar-refractivity contribution < 1.29 is 15.0 Å². The van der Waals surface area contributed by atoms with Crippen LogP contribution >= 0.6 is 0 Å². The predicted octanol–water partition coefficient (Wildman–Crippen LogP) is 0.723. The Labute approximate surface area is 143 Å². The highest BCUT2D eigenvalue weighted by Crippen LogP contribution is 2.19. The maximum absolute atomic E-state index is 11.9. The van der Waals surface area contributed by atoms with Crippen LogP contribution in [0.3, 0.4) is 0 Å². The molecule has 0 bridgehead atoms. The summed E-state index contributed by atoms with van der Waals surface area (Å²) in [7, 11) is 0.